The molecular weight excluding hydrogens is 238 g/mol. The van der Waals surface area contributed by atoms with Crippen molar-refractivity contribution < 1.29 is 8.75 Å². The van der Waals surface area contributed by atoms with Gasteiger partial charge in [0, 0.05) is 10.5 Å². The molecule has 0 saturated carbocycles. The van der Waals surface area contributed by atoms with Crippen LogP contribution in [0.3, 0.4) is 0 Å². The van der Waals surface area contributed by atoms with E-state index in [4.69, 9.17) is 0 Å². The lowest BCUT2D eigenvalue weighted by Crippen LogP contribution is -2.14. The van der Waals surface area contributed by atoms with E-state index in [-0.39, 0.29) is 11.5 Å². The second-order valence-electron chi connectivity index (χ2n) is 2.49. The lowest BCUT2D eigenvalue weighted by molar-refractivity contribution is -0.530. The Labute approximate surface area is 84.1 Å². The second kappa shape index (κ2) is 4.94. The number of benzene rings is 1. The van der Waals surface area contributed by atoms with Gasteiger partial charge in [-0.05, 0) is 0 Å². The zero-order chi connectivity index (χ0) is 9.68. The number of nitro groups is 1. The molecule has 0 aliphatic rings. The zero-order valence-corrected chi connectivity index (χ0v) is 8.31. The molecule has 0 aliphatic carbocycles. The average Bonchev–Trinajstić information content (AvgIpc) is 2.15. The van der Waals surface area contributed by atoms with Crippen molar-refractivity contribution in [2.45, 2.75) is 6.04 Å². The highest BCUT2D eigenvalue weighted by molar-refractivity contribution is 9.06. The maximum atomic E-state index is 10.6. The summed E-state index contributed by atoms with van der Waals surface area (Å²) in [5.74, 6) is 0. The summed E-state index contributed by atoms with van der Waals surface area (Å²) >= 11 is 2.71. The molecular formula is C8H8BrNO3. The first kappa shape index (κ1) is 10.1. The molecule has 0 N–H and O–H groups in total. The van der Waals surface area contributed by atoms with Crippen LogP contribution in [0.1, 0.15) is 11.6 Å². The first-order chi connectivity index (χ1) is 6.25. The number of halogens is 1. The molecule has 1 rings (SSSR count). The third-order valence-electron chi connectivity index (χ3n) is 1.66. The van der Waals surface area contributed by atoms with Crippen molar-refractivity contribution >= 4 is 16.3 Å². The quantitative estimate of drug-likeness (QED) is 0.605. The Morgan fingerprint density at radius 3 is 2.54 bits per heavy atom. The molecule has 1 atom stereocenters. The van der Waals surface area contributed by atoms with Gasteiger partial charge in [0.1, 0.15) is 6.61 Å². The Morgan fingerprint density at radius 2 is 2.08 bits per heavy atom. The van der Waals surface area contributed by atoms with Crippen molar-refractivity contribution in [1.29, 1.82) is 0 Å². The molecule has 1 unspecified atom stereocenters. The normalized spacial score (nSPS) is 12.4. The average molecular weight is 246 g/mol. The van der Waals surface area contributed by atoms with E-state index in [1.807, 2.05) is 6.07 Å². The van der Waals surface area contributed by atoms with Gasteiger partial charge < -0.3 is 3.83 Å². The smallest absolute Gasteiger partial charge is 0.262 e. The van der Waals surface area contributed by atoms with Crippen LogP contribution in [0.2, 0.25) is 0 Å². The minimum atomic E-state index is -0.805. The Hall–Kier alpha value is -0.940. The highest BCUT2D eigenvalue weighted by atomic mass is 79.9. The lowest BCUT2D eigenvalue weighted by atomic mass is 10.1. The second-order valence-corrected chi connectivity index (χ2v) is 2.95. The van der Waals surface area contributed by atoms with Crippen molar-refractivity contribution in [3.8, 4) is 0 Å². The van der Waals surface area contributed by atoms with Crippen molar-refractivity contribution in [3.05, 3.63) is 46.0 Å². The fourth-order valence-electron chi connectivity index (χ4n) is 1.01. The van der Waals surface area contributed by atoms with Crippen molar-refractivity contribution in [2.24, 2.45) is 0 Å². The van der Waals surface area contributed by atoms with Crippen molar-refractivity contribution in [3.63, 3.8) is 0 Å². The summed E-state index contributed by atoms with van der Waals surface area (Å²) in [6.45, 7) is 0.0248. The molecule has 0 spiro atoms. The van der Waals surface area contributed by atoms with Crippen LogP contribution in [0.5, 0.6) is 0 Å². The summed E-state index contributed by atoms with van der Waals surface area (Å²) in [6.07, 6.45) is 0. The van der Waals surface area contributed by atoms with Crippen LogP contribution < -0.4 is 0 Å². The molecule has 0 bridgehead atoms. The van der Waals surface area contributed by atoms with E-state index >= 15 is 0 Å². The fraction of sp³-hybridized carbons (Fsp3) is 0.250. The number of nitrogens with zero attached hydrogens (tertiary/aromatic N) is 1. The zero-order valence-electron chi connectivity index (χ0n) is 6.72. The molecule has 0 heterocycles. The summed E-state index contributed by atoms with van der Waals surface area (Å²) in [5, 5.41) is 10.6. The maximum absolute atomic E-state index is 10.6. The van der Waals surface area contributed by atoms with Gasteiger partial charge in [0.2, 0.25) is 0 Å². The van der Waals surface area contributed by atoms with Crippen LogP contribution in [-0.4, -0.2) is 11.5 Å². The van der Waals surface area contributed by atoms with Crippen LogP contribution in [0.4, 0.5) is 0 Å². The predicted molar refractivity (Wildman–Crippen MR) is 51.1 cm³/mol. The SMILES string of the molecule is O=[N+]([O-])C(COBr)c1ccccc1. The first-order valence-electron chi connectivity index (χ1n) is 3.67. The van der Waals surface area contributed by atoms with Crippen LogP contribution in [0.25, 0.3) is 0 Å². The van der Waals surface area contributed by atoms with Crippen molar-refractivity contribution in [1.82, 2.24) is 0 Å². The molecule has 0 amide bonds. The van der Waals surface area contributed by atoms with Gasteiger partial charge in [-0.3, -0.25) is 10.1 Å². The van der Waals surface area contributed by atoms with Crippen LogP contribution in [0, 0.1) is 10.1 Å². The van der Waals surface area contributed by atoms with E-state index in [9.17, 15) is 10.1 Å². The molecule has 4 nitrogen and oxygen atoms in total. The molecule has 0 saturated heterocycles. The van der Waals surface area contributed by atoms with Gasteiger partial charge in [0.25, 0.3) is 6.04 Å². The topological polar surface area (TPSA) is 52.4 Å². The van der Waals surface area contributed by atoms with E-state index in [1.54, 1.807) is 24.3 Å². The van der Waals surface area contributed by atoms with E-state index in [0.29, 0.717) is 5.56 Å². The number of hydrogen-bond donors (Lipinski definition) is 0. The summed E-state index contributed by atoms with van der Waals surface area (Å²) in [4.78, 5) is 10.2. The van der Waals surface area contributed by atoms with E-state index in [1.165, 1.54) is 0 Å². The largest absolute Gasteiger partial charge is 0.300 e. The van der Waals surface area contributed by atoms with E-state index in [2.05, 4.69) is 20.1 Å². The highest BCUT2D eigenvalue weighted by Crippen LogP contribution is 2.16. The van der Waals surface area contributed by atoms with Gasteiger partial charge >= 0.3 is 0 Å². The maximum Gasteiger partial charge on any atom is 0.262 e. The van der Waals surface area contributed by atoms with E-state index in [0.717, 1.165) is 0 Å². The Morgan fingerprint density at radius 1 is 1.46 bits per heavy atom. The van der Waals surface area contributed by atoms with Crippen molar-refractivity contribution in [2.75, 3.05) is 6.61 Å². The van der Waals surface area contributed by atoms with Crippen LogP contribution >= 0.6 is 16.3 Å². The molecule has 5 heteroatoms. The molecule has 0 aliphatic heterocycles. The molecule has 70 valence electrons. The third kappa shape index (κ3) is 2.78. The number of hydrogen-bond acceptors (Lipinski definition) is 3. The molecule has 0 fully saturated rings. The molecule has 0 aromatic heterocycles. The lowest BCUT2D eigenvalue weighted by Gasteiger charge is -2.06. The summed E-state index contributed by atoms with van der Waals surface area (Å²) in [5.41, 5.74) is 0.645. The Bertz CT molecular complexity index is 278. The standard InChI is InChI=1S/C8H8BrNO3/c9-13-6-8(10(11)12)7-4-2-1-3-5-7/h1-5,8H,6H2. The minimum absolute atomic E-state index is 0.0248. The summed E-state index contributed by atoms with van der Waals surface area (Å²) < 4.78 is 4.59. The third-order valence-corrected chi connectivity index (χ3v) is 1.92. The van der Waals surface area contributed by atoms with Crippen LogP contribution in [-0.2, 0) is 3.83 Å². The predicted octanol–water partition coefficient (Wildman–Crippen LogP) is 2.33. The summed E-state index contributed by atoms with van der Waals surface area (Å²) in [7, 11) is 0. The van der Waals surface area contributed by atoms with Gasteiger partial charge in [0.15, 0.2) is 0 Å². The highest BCUT2D eigenvalue weighted by Gasteiger charge is 2.22. The Kier molecular flexibility index (Phi) is 3.85. The molecule has 0 radical (unpaired) electrons. The summed E-state index contributed by atoms with van der Waals surface area (Å²) in [6, 6.07) is 7.95. The van der Waals surface area contributed by atoms with Gasteiger partial charge in [-0.15, -0.1) is 0 Å². The van der Waals surface area contributed by atoms with Gasteiger partial charge in [-0.2, -0.15) is 0 Å². The van der Waals surface area contributed by atoms with Crippen LogP contribution in [0.15, 0.2) is 30.3 Å². The molecule has 1 aromatic rings. The van der Waals surface area contributed by atoms with Gasteiger partial charge in [0.05, 0.1) is 16.3 Å². The van der Waals surface area contributed by atoms with E-state index < -0.39 is 6.04 Å². The molecule has 13 heavy (non-hydrogen) atoms. The number of rotatable bonds is 4. The monoisotopic (exact) mass is 245 g/mol. The first-order valence-corrected chi connectivity index (χ1v) is 4.32. The molecule has 1 aromatic carbocycles. The van der Waals surface area contributed by atoms with Gasteiger partial charge in [-0.25, -0.2) is 0 Å². The minimum Gasteiger partial charge on any atom is -0.300 e. The Balaban J connectivity index is 2.82. The van der Waals surface area contributed by atoms with Gasteiger partial charge in [-0.1, -0.05) is 30.3 Å². The fourth-order valence-corrected chi connectivity index (χ4v) is 1.26.